The molecular formula is C32H30ClN7O4S2. The van der Waals surface area contributed by atoms with Gasteiger partial charge in [-0.15, -0.1) is 11.3 Å². The van der Waals surface area contributed by atoms with Crippen molar-refractivity contribution in [3.8, 4) is 39.6 Å². The van der Waals surface area contributed by atoms with Gasteiger partial charge < -0.3 is 25.8 Å². The third-order valence-electron chi connectivity index (χ3n) is 6.49. The Balaban J connectivity index is 1.46. The fraction of sp³-hybridized carbons (Fsp3) is 0.250. The number of ether oxygens (including phenoxy) is 2. The van der Waals surface area contributed by atoms with Gasteiger partial charge in [0.15, 0.2) is 0 Å². The minimum atomic E-state index is -0.847. The molecule has 4 N–H and O–H groups in total. The van der Waals surface area contributed by atoms with Gasteiger partial charge in [0.1, 0.15) is 58.6 Å². The van der Waals surface area contributed by atoms with Gasteiger partial charge in [-0.05, 0) is 43.7 Å². The molecule has 4 rings (SSSR count). The Labute approximate surface area is 279 Å². The van der Waals surface area contributed by atoms with Crippen LogP contribution < -0.4 is 21.1 Å². The zero-order valence-corrected chi connectivity index (χ0v) is 27.6. The number of carbonyl (C=O) groups excluding carboxylic acids is 2. The van der Waals surface area contributed by atoms with Gasteiger partial charge in [-0.25, -0.2) is 14.8 Å². The smallest absolute Gasteiger partial charge is 0.328 e. The molecule has 14 heteroatoms. The van der Waals surface area contributed by atoms with Gasteiger partial charge in [0.25, 0.3) is 0 Å². The average Bonchev–Trinajstić information content (AvgIpc) is 3.54. The van der Waals surface area contributed by atoms with Crippen molar-refractivity contribution >= 4 is 52.4 Å². The molecule has 0 saturated heterocycles. The molecule has 2 atom stereocenters. The SMILES string of the molecule is CNc1nc(SCc2csc(-c3ccc(Cl)cc3)n2)c(C#N)c(-c2ccc(OCCOC(=O)C(C)NC(=O)C(C)N)cc2)c1C#N. The number of nitrogens with one attached hydrogen (secondary N) is 2. The second kappa shape index (κ2) is 16.1. The summed E-state index contributed by atoms with van der Waals surface area (Å²) in [5.74, 6) is 0.254. The molecule has 2 heterocycles. The molecule has 236 valence electrons. The van der Waals surface area contributed by atoms with Crippen LogP contribution in [0.2, 0.25) is 5.02 Å². The summed E-state index contributed by atoms with van der Waals surface area (Å²) >= 11 is 8.89. The van der Waals surface area contributed by atoms with Crippen LogP contribution in [0.5, 0.6) is 5.75 Å². The van der Waals surface area contributed by atoms with E-state index in [4.69, 9.17) is 31.8 Å². The van der Waals surface area contributed by atoms with Crippen LogP contribution in [0.25, 0.3) is 21.7 Å². The van der Waals surface area contributed by atoms with Gasteiger partial charge in [-0.3, -0.25) is 4.79 Å². The van der Waals surface area contributed by atoms with E-state index in [1.54, 1.807) is 31.3 Å². The summed E-state index contributed by atoms with van der Waals surface area (Å²) in [5.41, 5.74) is 8.90. The third kappa shape index (κ3) is 8.53. The van der Waals surface area contributed by atoms with E-state index >= 15 is 0 Å². The molecule has 0 fully saturated rings. The minimum absolute atomic E-state index is 0.0349. The molecule has 0 aliphatic carbocycles. The highest BCUT2D eigenvalue weighted by molar-refractivity contribution is 7.98. The van der Waals surface area contributed by atoms with Crippen molar-refractivity contribution < 1.29 is 19.1 Å². The predicted molar refractivity (Wildman–Crippen MR) is 178 cm³/mol. The van der Waals surface area contributed by atoms with Crippen molar-refractivity contribution in [3.63, 3.8) is 0 Å². The number of thiazole rings is 1. The molecule has 46 heavy (non-hydrogen) atoms. The van der Waals surface area contributed by atoms with Gasteiger partial charge in [-0.1, -0.05) is 47.6 Å². The number of anilines is 1. The van der Waals surface area contributed by atoms with Crippen molar-refractivity contribution in [1.29, 1.82) is 10.5 Å². The van der Waals surface area contributed by atoms with Crippen LogP contribution in [0.15, 0.2) is 58.9 Å². The van der Waals surface area contributed by atoms with Crippen LogP contribution in [0.1, 0.15) is 30.7 Å². The number of aromatic nitrogens is 2. The maximum Gasteiger partial charge on any atom is 0.328 e. The van der Waals surface area contributed by atoms with Crippen molar-refractivity contribution in [2.45, 2.75) is 36.7 Å². The Bertz CT molecular complexity index is 1780. The van der Waals surface area contributed by atoms with E-state index in [-0.39, 0.29) is 24.3 Å². The summed E-state index contributed by atoms with van der Waals surface area (Å²) in [7, 11) is 1.67. The van der Waals surface area contributed by atoms with Crippen molar-refractivity contribution in [3.05, 3.63) is 75.8 Å². The molecule has 2 aromatic carbocycles. The number of nitriles is 2. The first-order chi connectivity index (χ1) is 22.1. The molecule has 2 aromatic heterocycles. The first kappa shape index (κ1) is 34.2. The Hall–Kier alpha value is -4.66. The molecule has 0 aliphatic rings. The molecule has 1 amide bonds. The number of benzene rings is 2. The number of pyridine rings is 1. The number of halogens is 1. The van der Waals surface area contributed by atoms with Crippen LogP contribution in [-0.4, -0.2) is 54.2 Å². The number of rotatable bonds is 13. The summed E-state index contributed by atoms with van der Waals surface area (Å²) in [6, 6.07) is 17.2. The molecule has 4 aromatic rings. The Morgan fingerprint density at radius 3 is 2.33 bits per heavy atom. The van der Waals surface area contributed by atoms with E-state index in [1.165, 1.54) is 36.9 Å². The highest BCUT2D eigenvalue weighted by Crippen LogP contribution is 2.38. The largest absolute Gasteiger partial charge is 0.490 e. The fourth-order valence-corrected chi connectivity index (χ4v) is 6.08. The topological polar surface area (TPSA) is 176 Å². The highest BCUT2D eigenvalue weighted by Gasteiger charge is 2.22. The number of hydrogen-bond acceptors (Lipinski definition) is 12. The Kier molecular flexibility index (Phi) is 11.9. The molecule has 0 saturated carbocycles. The van der Waals surface area contributed by atoms with Crippen LogP contribution in [0.3, 0.4) is 0 Å². The molecule has 0 aliphatic heterocycles. The number of nitrogens with two attached hydrogens (primary N) is 1. The molecule has 0 bridgehead atoms. The molecule has 11 nitrogen and oxygen atoms in total. The Morgan fingerprint density at radius 2 is 1.70 bits per heavy atom. The zero-order chi connectivity index (χ0) is 33.2. The van der Waals surface area contributed by atoms with Crippen LogP contribution in [-0.2, 0) is 20.1 Å². The van der Waals surface area contributed by atoms with Gasteiger partial charge in [0.2, 0.25) is 5.91 Å². The van der Waals surface area contributed by atoms with Crippen LogP contribution in [0, 0.1) is 22.7 Å². The summed E-state index contributed by atoms with van der Waals surface area (Å²) in [4.78, 5) is 33.1. The normalized spacial score (nSPS) is 11.9. The number of nitrogens with zero attached hydrogens (tertiary/aromatic N) is 4. The lowest BCUT2D eigenvalue weighted by atomic mass is 9.96. The Morgan fingerprint density at radius 1 is 1.02 bits per heavy atom. The molecule has 0 radical (unpaired) electrons. The second-order valence-electron chi connectivity index (χ2n) is 9.86. The van der Waals surface area contributed by atoms with E-state index in [2.05, 4.69) is 27.8 Å². The summed E-state index contributed by atoms with van der Waals surface area (Å²) < 4.78 is 10.9. The second-order valence-corrected chi connectivity index (χ2v) is 12.1. The zero-order valence-electron chi connectivity index (χ0n) is 25.2. The minimum Gasteiger partial charge on any atom is -0.490 e. The summed E-state index contributed by atoms with van der Waals surface area (Å²) in [6.45, 7) is 3.06. The fourth-order valence-electron chi connectivity index (χ4n) is 4.14. The molecule has 0 spiro atoms. The number of hydrogen-bond donors (Lipinski definition) is 3. The standard InChI is InChI=1S/C32H30ClN7O4S2/c1-18(36)29(41)38-19(2)32(42)44-13-12-43-24-10-6-20(7-11-24)27-25(14-34)28(37-3)40-31(26(27)15-35)46-17-23-16-45-30(39-23)21-4-8-22(33)9-5-21/h4-11,16,18-19H,12-13,17,36H2,1-3H3,(H,37,40)(H,38,41). The van der Waals surface area contributed by atoms with Gasteiger partial charge in [0, 0.05) is 34.3 Å². The first-order valence-electron chi connectivity index (χ1n) is 14.0. The van der Waals surface area contributed by atoms with Crippen molar-refractivity contribution in [2.24, 2.45) is 5.73 Å². The number of thioether (sulfide) groups is 1. The van der Waals surface area contributed by atoms with Gasteiger partial charge in [-0.2, -0.15) is 10.5 Å². The monoisotopic (exact) mass is 675 g/mol. The van der Waals surface area contributed by atoms with E-state index in [1.807, 2.05) is 29.6 Å². The number of carbonyl (C=O) groups is 2. The summed E-state index contributed by atoms with van der Waals surface area (Å²) in [5, 5.41) is 29.7. The van der Waals surface area contributed by atoms with E-state index < -0.39 is 24.0 Å². The lowest BCUT2D eigenvalue weighted by Gasteiger charge is -2.16. The maximum absolute atomic E-state index is 12.1. The van der Waals surface area contributed by atoms with Crippen LogP contribution >= 0.6 is 34.7 Å². The van der Waals surface area contributed by atoms with Gasteiger partial charge >= 0.3 is 5.97 Å². The summed E-state index contributed by atoms with van der Waals surface area (Å²) in [6.07, 6.45) is 0. The third-order valence-corrected chi connectivity index (χ3v) is 8.69. The average molecular weight is 676 g/mol. The molecular weight excluding hydrogens is 646 g/mol. The van der Waals surface area contributed by atoms with Crippen molar-refractivity contribution in [2.75, 3.05) is 25.6 Å². The lowest BCUT2D eigenvalue weighted by molar-refractivity contribution is -0.148. The first-order valence-corrected chi connectivity index (χ1v) is 16.2. The maximum atomic E-state index is 12.1. The number of esters is 1. The predicted octanol–water partition coefficient (Wildman–Crippen LogP) is 5.38. The van der Waals surface area contributed by atoms with E-state index in [9.17, 15) is 20.1 Å². The quantitative estimate of drug-likeness (QED) is 0.0942. The highest BCUT2D eigenvalue weighted by atomic mass is 35.5. The molecule has 2 unspecified atom stereocenters. The number of amides is 1. The lowest BCUT2D eigenvalue weighted by Crippen LogP contribution is -2.46. The van der Waals surface area contributed by atoms with E-state index in [0.717, 1.165) is 16.3 Å². The van der Waals surface area contributed by atoms with E-state index in [0.29, 0.717) is 38.5 Å². The van der Waals surface area contributed by atoms with Crippen LogP contribution in [0.4, 0.5) is 5.82 Å². The van der Waals surface area contributed by atoms with Gasteiger partial charge in [0.05, 0.1) is 17.3 Å². The van der Waals surface area contributed by atoms with Crippen molar-refractivity contribution in [1.82, 2.24) is 15.3 Å².